The minimum Gasteiger partial charge on any atom is -0.308 e. The molecule has 5 aromatic heterocycles. The maximum absolute atomic E-state index is 5.28. The van der Waals surface area contributed by atoms with Crippen molar-refractivity contribution < 1.29 is 0 Å². The van der Waals surface area contributed by atoms with Gasteiger partial charge in [0.1, 0.15) is 0 Å². The highest BCUT2D eigenvalue weighted by Gasteiger charge is 2.21. The zero-order chi connectivity index (χ0) is 44.0. The molecule has 0 saturated heterocycles. The molecule has 9 aromatic carbocycles. The van der Waals surface area contributed by atoms with Crippen LogP contribution in [-0.2, 0) is 0 Å². The van der Waals surface area contributed by atoms with Gasteiger partial charge >= 0.3 is 0 Å². The lowest BCUT2D eigenvalue weighted by atomic mass is 9.98. The minimum atomic E-state index is 0.620. The summed E-state index contributed by atoms with van der Waals surface area (Å²) in [7, 11) is 0. The Morgan fingerprint density at radius 3 is 0.896 bits per heavy atom. The molecule has 0 aliphatic carbocycles. The third-order valence-corrected chi connectivity index (χ3v) is 13.2. The molecule has 14 aromatic rings. The number of benzene rings is 9. The number of rotatable bonds is 3. The third-order valence-electron chi connectivity index (χ3n) is 13.2. The smallest absolute Gasteiger partial charge is 0.164 e. The average Bonchev–Trinajstić information content (AvgIpc) is 3.74. The van der Waals surface area contributed by atoms with Crippen molar-refractivity contribution >= 4 is 109 Å². The van der Waals surface area contributed by atoms with E-state index < -0.39 is 0 Å². The topological polar surface area (TPSA) is 82.3 Å². The summed E-state index contributed by atoms with van der Waals surface area (Å²) >= 11 is 0. The second-order valence-corrected chi connectivity index (χ2v) is 17.0. The molecule has 0 N–H and O–H groups in total. The van der Waals surface area contributed by atoms with E-state index in [0.29, 0.717) is 34.2 Å². The van der Waals surface area contributed by atoms with Crippen LogP contribution in [0.4, 0.5) is 0 Å². The Hall–Kier alpha value is -9.20. The standard InChI is InChI=1S/C60H35N7/c1-4-18-36(19-5-1)55-61-57-45-28-14-10-24-41(45)38-32-49(43-26-12-16-30-47(43)59(63-55)65-57)53-51(34-38)52-35-39-33-50(54(52)67(53)40-22-8-3-9-23-40)44-27-13-17-31-48(44)60-64-56(37-20-6-2-7-21-37)62-58(66-60)46-29-15-11-25-42(39)46/h1-35H. The van der Waals surface area contributed by atoms with Gasteiger partial charge in [-0.15, -0.1) is 0 Å². The second-order valence-electron chi connectivity index (χ2n) is 17.0. The summed E-state index contributed by atoms with van der Waals surface area (Å²) in [5.74, 6) is 1.26. The maximum Gasteiger partial charge on any atom is 0.164 e. The summed E-state index contributed by atoms with van der Waals surface area (Å²) in [6.45, 7) is 0. The fraction of sp³-hybridized carbons (Fsp3) is 0. The number of hydrogen-bond acceptors (Lipinski definition) is 6. The summed E-state index contributed by atoms with van der Waals surface area (Å²) in [6, 6.07) is 74.6. The molecule has 7 heteroatoms. The predicted molar refractivity (Wildman–Crippen MR) is 276 cm³/mol. The molecule has 5 heterocycles. The first-order chi connectivity index (χ1) is 33.2. The van der Waals surface area contributed by atoms with Gasteiger partial charge in [0.2, 0.25) is 0 Å². The monoisotopic (exact) mass is 853 g/mol. The predicted octanol–water partition coefficient (Wildman–Crippen LogP) is 14.8. The summed E-state index contributed by atoms with van der Waals surface area (Å²) in [5.41, 5.74) is 7.57. The number of para-hydroxylation sites is 1. The van der Waals surface area contributed by atoms with Crippen molar-refractivity contribution in [2.75, 3.05) is 0 Å². The SMILES string of the molecule is c1ccc(-c2nc3nc(n2)c2ccccc2c2cc(cc4c5cc6cc(c7ccccc7c7nc(-c8ccccc8)nc(n7)c7ccccc67)c5n(-c5ccccc5)c24)c2ccccc32)cc1. The summed E-state index contributed by atoms with van der Waals surface area (Å²) in [4.78, 5) is 31.3. The fourth-order valence-corrected chi connectivity index (χ4v) is 10.2. The third kappa shape index (κ3) is 5.85. The summed E-state index contributed by atoms with van der Waals surface area (Å²) < 4.78 is 2.47. The molecular formula is C60H35N7. The Balaban J connectivity index is 1.27. The van der Waals surface area contributed by atoms with Crippen LogP contribution in [0.3, 0.4) is 0 Å². The molecule has 0 fully saturated rings. The van der Waals surface area contributed by atoms with Crippen molar-refractivity contribution in [2.24, 2.45) is 0 Å². The van der Waals surface area contributed by atoms with Gasteiger partial charge in [-0.05, 0) is 68.7 Å². The number of fused-ring (bicyclic) bond motifs is 25. The Bertz CT molecular complexity index is 4170. The molecule has 0 unspecified atom stereocenters. The van der Waals surface area contributed by atoms with Gasteiger partial charge in [-0.1, -0.05) is 176 Å². The van der Waals surface area contributed by atoms with E-state index in [1.165, 1.54) is 0 Å². The largest absolute Gasteiger partial charge is 0.308 e. The summed E-state index contributed by atoms with van der Waals surface area (Å²) in [6.07, 6.45) is 0. The van der Waals surface area contributed by atoms with E-state index in [1.54, 1.807) is 0 Å². The first-order valence-corrected chi connectivity index (χ1v) is 22.5. The average molecular weight is 854 g/mol. The molecule has 0 aliphatic heterocycles. The van der Waals surface area contributed by atoms with Crippen LogP contribution >= 0.6 is 0 Å². The molecule has 0 atom stereocenters. The van der Waals surface area contributed by atoms with Gasteiger partial charge in [0.15, 0.2) is 34.2 Å². The van der Waals surface area contributed by atoms with Crippen LogP contribution in [0.15, 0.2) is 212 Å². The van der Waals surface area contributed by atoms with E-state index >= 15 is 0 Å². The van der Waals surface area contributed by atoms with Crippen LogP contribution in [0.5, 0.6) is 0 Å². The van der Waals surface area contributed by atoms with Crippen LogP contribution in [0, 0.1) is 0 Å². The molecule has 0 spiro atoms. The molecule has 7 nitrogen and oxygen atoms in total. The minimum absolute atomic E-state index is 0.620. The first-order valence-electron chi connectivity index (χ1n) is 22.5. The van der Waals surface area contributed by atoms with Crippen LogP contribution in [-0.4, -0.2) is 34.5 Å². The quantitative estimate of drug-likeness (QED) is 0.176. The van der Waals surface area contributed by atoms with Crippen molar-refractivity contribution in [1.82, 2.24) is 34.5 Å². The van der Waals surface area contributed by atoms with Gasteiger partial charge in [-0.2, -0.15) is 0 Å². The molecule has 0 aliphatic rings. The van der Waals surface area contributed by atoms with Crippen LogP contribution in [0.2, 0.25) is 0 Å². The number of aromatic nitrogens is 7. The molecule has 0 saturated carbocycles. The van der Waals surface area contributed by atoms with Crippen molar-refractivity contribution in [1.29, 1.82) is 0 Å². The van der Waals surface area contributed by atoms with Crippen molar-refractivity contribution in [3.63, 3.8) is 0 Å². The van der Waals surface area contributed by atoms with Crippen molar-refractivity contribution in [2.45, 2.75) is 0 Å². The highest BCUT2D eigenvalue weighted by atomic mass is 15.0. The van der Waals surface area contributed by atoms with E-state index in [4.69, 9.17) is 29.9 Å². The Morgan fingerprint density at radius 2 is 0.522 bits per heavy atom. The molecule has 0 radical (unpaired) electrons. The number of hydrogen-bond donors (Lipinski definition) is 0. The van der Waals surface area contributed by atoms with Gasteiger partial charge < -0.3 is 4.57 Å². The molecule has 310 valence electrons. The second kappa shape index (κ2) is 14.7. The van der Waals surface area contributed by atoms with Gasteiger partial charge in [-0.25, -0.2) is 29.9 Å². The van der Waals surface area contributed by atoms with E-state index in [2.05, 4.69) is 180 Å². The molecule has 14 rings (SSSR count). The fourth-order valence-electron chi connectivity index (χ4n) is 10.2. The molecule has 8 bridgehead atoms. The zero-order valence-corrected chi connectivity index (χ0v) is 35.8. The van der Waals surface area contributed by atoms with Gasteiger partial charge in [0.05, 0.1) is 11.0 Å². The molecule has 67 heavy (non-hydrogen) atoms. The first kappa shape index (κ1) is 37.2. The molecule has 0 amide bonds. The lowest BCUT2D eigenvalue weighted by Gasteiger charge is -2.13. The zero-order valence-electron chi connectivity index (χ0n) is 35.8. The normalized spacial score (nSPS) is 11.9. The van der Waals surface area contributed by atoms with Crippen LogP contribution < -0.4 is 0 Å². The lowest BCUT2D eigenvalue weighted by Crippen LogP contribution is -1.97. The van der Waals surface area contributed by atoms with Crippen LogP contribution in [0.25, 0.3) is 137 Å². The maximum atomic E-state index is 5.28. The van der Waals surface area contributed by atoms with Crippen molar-refractivity contribution in [3.05, 3.63) is 212 Å². The van der Waals surface area contributed by atoms with E-state index in [9.17, 15) is 0 Å². The van der Waals surface area contributed by atoms with Gasteiger partial charge in [0, 0.05) is 59.9 Å². The Morgan fingerprint density at radius 1 is 0.239 bits per heavy atom. The van der Waals surface area contributed by atoms with Crippen LogP contribution in [0.1, 0.15) is 0 Å². The van der Waals surface area contributed by atoms with E-state index in [-0.39, 0.29) is 0 Å². The van der Waals surface area contributed by atoms with E-state index in [1.807, 2.05) is 36.4 Å². The van der Waals surface area contributed by atoms with Gasteiger partial charge in [0.25, 0.3) is 0 Å². The Kier molecular flexibility index (Phi) is 8.15. The molecular weight excluding hydrogens is 819 g/mol. The van der Waals surface area contributed by atoms with E-state index in [0.717, 1.165) is 103 Å². The highest BCUT2D eigenvalue weighted by Crippen LogP contribution is 2.44. The number of nitrogens with zero attached hydrogens (tertiary/aromatic N) is 7. The van der Waals surface area contributed by atoms with Crippen molar-refractivity contribution in [3.8, 4) is 28.5 Å². The highest BCUT2D eigenvalue weighted by molar-refractivity contribution is 6.30. The lowest BCUT2D eigenvalue weighted by molar-refractivity contribution is 1.18. The summed E-state index contributed by atoms with van der Waals surface area (Å²) in [5, 5.41) is 14.4. The Labute approximate surface area is 382 Å². The van der Waals surface area contributed by atoms with Gasteiger partial charge in [-0.3, -0.25) is 0 Å².